The van der Waals surface area contributed by atoms with Crippen molar-refractivity contribution in [2.45, 2.75) is 45.2 Å². The summed E-state index contributed by atoms with van der Waals surface area (Å²) in [6.45, 7) is 5.02. The van der Waals surface area contributed by atoms with Crippen LogP contribution in [0, 0.1) is 5.92 Å². The van der Waals surface area contributed by atoms with Crippen LogP contribution in [0.15, 0.2) is 24.3 Å². The van der Waals surface area contributed by atoms with Crippen molar-refractivity contribution in [3.63, 3.8) is 0 Å². The van der Waals surface area contributed by atoms with Crippen LogP contribution in [0.25, 0.3) is 0 Å². The lowest BCUT2D eigenvalue weighted by atomic mass is 9.96. The minimum absolute atomic E-state index is 0.0850. The maximum atomic E-state index is 12.6. The van der Waals surface area contributed by atoms with Crippen molar-refractivity contribution in [2.75, 3.05) is 13.7 Å². The number of carbonyl (C=O) groups is 2. The maximum Gasteiger partial charge on any atom is 0.326 e. The van der Waals surface area contributed by atoms with E-state index in [1.54, 1.807) is 0 Å². The molecule has 5 nitrogen and oxygen atoms in total. The van der Waals surface area contributed by atoms with Gasteiger partial charge in [0.25, 0.3) is 5.91 Å². The Balaban J connectivity index is 1.61. The number of hydrogen-bond acceptors (Lipinski definition) is 3. The van der Waals surface area contributed by atoms with Gasteiger partial charge in [0.15, 0.2) is 0 Å². The van der Waals surface area contributed by atoms with Crippen molar-refractivity contribution in [3.05, 3.63) is 35.4 Å². The van der Waals surface area contributed by atoms with Gasteiger partial charge in [0, 0.05) is 6.54 Å². The number of carbonyl (C=O) groups excluding carboxylic acids is 2. The number of nitrogens with one attached hydrogen (secondary N) is 1. The largest absolute Gasteiger partial charge is 0.326 e. The second kappa shape index (κ2) is 5.96. The molecule has 2 aliphatic rings. The summed E-state index contributed by atoms with van der Waals surface area (Å²) in [5.74, 6) is 0.217. The Labute approximate surface area is 137 Å². The summed E-state index contributed by atoms with van der Waals surface area (Å²) >= 11 is 0. The molecule has 3 amide bonds. The average molecular weight is 315 g/mol. The first-order valence-corrected chi connectivity index (χ1v) is 8.34. The molecular formula is C18H25N3O2. The van der Waals surface area contributed by atoms with E-state index in [4.69, 9.17) is 0 Å². The van der Waals surface area contributed by atoms with Crippen molar-refractivity contribution in [2.24, 2.45) is 5.92 Å². The van der Waals surface area contributed by atoms with Crippen LogP contribution in [0.3, 0.4) is 0 Å². The molecule has 124 valence electrons. The minimum atomic E-state index is -0.694. The third-order valence-electron chi connectivity index (χ3n) is 4.96. The molecule has 3 rings (SSSR count). The molecule has 2 fully saturated rings. The highest BCUT2D eigenvalue weighted by Crippen LogP contribution is 2.42. The van der Waals surface area contributed by atoms with Gasteiger partial charge in [-0.15, -0.1) is 0 Å². The molecule has 1 heterocycles. The summed E-state index contributed by atoms with van der Waals surface area (Å²) in [6, 6.07) is 8.20. The molecule has 1 aromatic carbocycles. The fourth-order valence-corrected chi connectivity index (χ4v) is 3.26. The highest BCUT2D eigenvalue weighted by atomic mass is 16.2. The number of amides is 3. The Bertz CT molecular complexity index is 609. The molecule has 1 aromatic rings. The zero-order valence-corrected chi connectivity index (χ0v) is 14.1. The molecular weight excluding hydrogens is 290 g/mol. The second-order valence-corrected chi connectivity index (χ2v) is 6.97. The van der Waals surface area contributed by atoms with Gasteiger partial charge in [-0.1, -0.05) is 31.2 Å². The number of nitrogens with zero attached hydrogens (tertiary/aromatic N) is 2. The van der Waals surface area contributed by atoms with Gasteiger partial charge >= 0.3 is 6.03 Å². The summed E-state index contributed by atoms with van der Waals surface area (Å²) < 4.78 is 0. The normalized spacial score (nSPS) is 24.4. The van der Waals surface area contributed by atoms with Crippen molar-refractivity contribution >= 4 is 11.9 Å². The molecule has 1 saturated carbocycles. The van der Waals surface area contributed by atoms with E-state index < -0.39 is 5.54 Å². The van der Waals surface area contributed by atoms with E-state index >= 15 is 0 Å². The number of rotatable bonds is 6. The van der Waals surface area contributed by atoms with Gasteiger partial charge < -0.3 is 5.32 Å². The van der Waals surface area contributed by atoms with Crippen molar-refractivity contribution in [1.82, 2.24) is 15.1 Å². The molecule has 1 aliphatic heterocycles. The molecule has 1 N–H and O–H groups in total. The van der Waals surface area contributed by atoms with Crippen molar-refractivity contribution < 1.29 is 9.59 Å². The van der Waals surface area contributed by atoms with E-state index in [0.29, 0.717) is 19.1 Å². The van der Waals surface area contributed by atoms with Crippen LogP contribution >= 0.6 is 0 Å². The Morgan fingerprint density at radius 1 is 1.22 bits per heavy atom. The maximum absolute atomic E-state index is 12.6. The minimum Gasteiger partial charge on any atom is -0.323 e. The molecule has 0 spiro atoms. The van der Waals surface area contributed by atoms with Crippen LogP contribution in [-0.2, 0) is 17.8 Å². The summed E-state index contributed by atoms with van der Waals surface area (Å²) in [4.78, 5) is 28.1. The van der Waals surface area contributed by atoms with Gasteiger partial charge in [0.2, 0.25) is 0 Å². The van der Waals surface area contributed by atoms with E-state index in [-0.39, 0.29) is 11.9 Å². The smallest absolute Gasteiger partial charge is 0.323 e. The van der Waals surface area contributed by atoms with E-state index in [9.17, 15) is 9.59 Å². The average Bonchev–Trinajstić information content (AvgIpc) is 3.34. The van der Waals surface area contributed by atoms with E-state index in [2.05, 4.69) is 36.5 Å². The van der Waals surface area contributed by atoms with Crippen LogP contribution in [-0.4, -0.2) is 41.0 Å². The Morgan fingerprint density at radius 3 is 2.39 bits per heavy atom. The van der Waals surface area contributed by atoms with Crippen molar-refractivity contribution in [3.8, 4) is 0 Å². The topological polar surface area (TPSA) is 52.6 Å². The number of urea groups is 1. The van der Waals surface area contributed by atoms with Crippen LogP contribution in [0.2, 0.25) is 0 Å². The standard InChI is InChI=1S/C18H25N3O2/c1-4-13-5-7-14(8-6-13)11-20(3)12-21-16(22)18(2,15-9-10-15)19-17(21)23/h5-8,15H,4,9-12H2,1-3H3,(H,19,23)/t18-/m1/s1. The molecule has 0 unspecified atom stereocenters. The quantitative estimate of drug-likeness (QED) is 0.820. The first-order valence-electron chi connectivity index (χ1n) is 8.34. The van der Waals surface area contributed by atoms with E-state index in [1.807, 2.05) is 18.9 Å². The first-order chi connectivity index (χ1) is 10.9. The van der Waals surface area contributed by atoms with Gasteiger partial charge in [0.05, 0.1) is 6.67 Å². The fraction of sp³-hybridized carbons (Fsp3) is 0.556. The van der Waals surface area contributed by atoms with E-state index in [1.165, 1.54) is 16.0 Å². The second-order valence-electron chi connectivity index (χ2n) is 6.97. The lowest BCUT2D eigenvalue weighted by Crippen LogP contribution is -2.46. The van der Waals surface area contributed by atoms with Gasteiger partial charge in [-0.25, -0.2) is 9.69 Å². The number of aryl methyl sites for hydroxylation is 1. The lowest BCUT2D eigenvalue weighted by molar-refractivity contribution is -0.132. The van der Waals surface area contributed by atoms with Crippen LogP contribution < -0.4 is 5.32 Å². The number of imide groups is 1. The molecule has 0 bridgehead atoms. The molecule has 5 heteroatoms. The molecule has 0 aromatic heterocycles. The van der Waals surface area contributed by atoms with Crippen molar-refractivity contribution in [1.29, 1.82) is 0 Å². The molecule has 0 radical (unpaired) electrons. The predicted octanol–water partition coefficient (Wildman–Crippen LogP) is 2.36. The van der Waals surface area contributed by atoms with Crippen LogP contribution in [0.4, 0.5) is 4.79 Å². The summed E-state index contributed by atoms with van der Waals surface area (Å²) in [5, 5.41) is 2.89. The number of hydrogen-bond donors (Lipinski definition) is 1. The predicted molar refractivity (Wildman–Crippen MR) is 88.7 cm³/mol. The van der Waals surface area contributed by atoms with Gasteiger partial charge in [0.1, 0.15) is 5.54 Å². The molecule has 1 atom stereocenters. The summed E-state index contributed by atoms with van der Waals surface area (Å²) in [7, 11) is 1.93. The third-order valence-corrected chi connectivity index (χ3v) is 4.96. The summed E-state index contributed by atoms with van der Waals surface area (Å²) in [6.07, 6.45) is 3.07. The number of benzene rings is 1. The Hall–Kier alpha value is -1.88. The zero-order chi connectivity index (χ0) is 16.6. The van der Waals surface area contributed by atoms with Gasteiger partial charge in [-0.05, 0) is 50.3 Å². The molecule has 1 aliphatic carbocycles. The highest BCUT2D eigenvalue weighted by molar-refractivity contribution is 6.07. The zero-order valence-electron chi connectivity index (χ0n) is 14.1. The third kappa shape index (κ3) is 3.11. The van der Waals surface area contributed by atoms with Gasteiger partial charge in [-0.3, -0.25) is 9.69 Å². The van der Waals surface area contributed by atoms with Crippen LogP contribution in [0.5, 0.6) is 0 Å². The lowest BCUT2D eigenvalue weighted by Gasteiger charge is -2.24. The van der Waals surface area contributed by atoms with Gasteiger partial charge in [-0.2, -0.15) is 0 Å². The molecule has 1 saturated heterocycles. The highest BCUT2D eigenvalue weighted by Gasteiger charge is 2.56. The Morgan fingerprint density at radius 2 is 1.83 bits per heavy atom. The molecule has 23 heavy (non-hydrogen) atoms. The van der Waals surface area contributed by atoms with Crippen LogP contribution in [0.1, 0.15) is 37.8 Å². The van der Waals surface area contributed by atoms with E-state index in [0.717, 1.165) is 19.3 Å². The summed E-state index contributed by atoms with van der Waals surface area (Å²) in [5.41, 5.74) is 1.80. The SMILES string of the molecule is CCc1ccc(CN(C)CN2C(=O)N[C@](C)(C3CC3)C2=O)cc1. The fourth-order valence-electron chi connectivity index (χ4n) is 3.26. The Kier molecular flexibility index (Phi) is 4.15. The first kappa shape index (κ1) is 16.0. The monoisotopic (exact) mass is 315 g/mol.